The van der Waals surface area contributed by atoms with E-state index in [9.17, 15) is 39.3 Å². The van der Waals surface area contributed by atoms with Gasteiger partial charge in [-0.05, 0) is 107 Å². The van der Waals surface area contributed by atoms with E-state index in [-0.39, 0.29) is 42.8 Å². The highest BCUT2D eigenvalue weighted by atomic mass is 16.6. The van der Waals surface area contributed by atoms with E-state index in [4.69, 9.17) is 31.2 Å². The number of esters is 1. The predicted octanol–water partition coefficient (Wildman–Crippen LogP) is 6.20. The predicted molar refractivity (Wildman–Crippen MR) is 256 cm³/mol. The first-order valence-corrected chi connectivity index (χ1v) is 24.8. The van der Waals surface area contributed by atoms with Gasteiger partial charge in [0.05, 0.1) is 40.3 Å². The van der Waals surface area contributed by atoms with Gasteiger partial charge in [0.15, 0.2) is 5.78 Å². The molecule has 0 aromatic carbocycles. The van der Waals surface area contributed by atoms with Crippen molar-refractivity contribution < 1.29 is 70.5 Å². The molecule has 3 heterocycles. The average Bonchev–Trinajstić information content (AvgIpc) is 3.33. The van der Waals surface area contributed by atoms with E-state index < -0.39 is 109 Å². The van der Waals surface area contributed by atoms with Crippen molar-refractivity contribution in [1.29, 1.82) is 0 Å². The summed E-state index contributed by atoms with van der Waals surface area (Å²) in [6.07, 6.45) is 10.1. The standard InChI is InChI=1S/C53H83NO14/c1-32-16-12-11-13-17-33(2)44(63-8)30-40-21-19-38(7)53(62,68-40)50(59)51(60)54-23-15-14-18-41(54)52(61)67-45(35(4)28-39-20-22-43(66-25-24-55)46(29-39)64-9)31-42(56)34(3)27-37(6)48(58)49(65-10)47(57)36(5)26-32/h11-13,16-17,27,32,34-36,38-41,43-46,48-49,55,58,62H,14-15,18-26,28-31H2,1-10H3/b13-11+,16-12+,33-17+,37-27+/t32-,34-,35-,36-,38-,39+,40+,41+,43-,44?,45+,46-,48-,49?,53-/m1/s1/i25T2. The molecule has 15 nitrogen and oxygen atoms in total. The largest absolute Gasteiger partial charge is 0.460 e. The van der Waals surface area contributed by atoms with Crippen LogP contribution in [0.2, 0.25) is 0 Å². The molecule has 15 heteroatoms. The number of hydrogen-bond donors (Lipinski definition) is 3. The van der Waals surface area contributed by atoms with E-state index in [0.29, 0.717) is 69.8 Å². The number of methoxy groups -OCH3 is 3. The van der Waals surface area contributed by atoms with Gasteiger partial charge in [-0.15, -0.1) is 0 Å². The van der Waals surface area contributed by atoms with E-state index in [0.717, 1.165) is 5.57 Å². The van der Waals surface area contributed by atoms with E-state index in [1.165, 1.54) is 19.1 Å². The van der Waals surface area contributed by atoms with Gasteiger partial charge in [0.1, 0.15) is 30.1 Å². The molecule has 2 bridgehead atoms. The fourth-order valence-electron chi connectivity index (χ4n) is 10.4. The number of aliphatic hydroxyl groups excluding tert-OH is 2. The number of aliphatic hydroxyl groups is 3. The first kappa shape index (κ1) is 53.9. The van der Waals surface area contributed by atoms with Gasteiger partial charge in [-0.3, -0.25) is 19.2 Å². The van der Waals surface area contributed by atoms with Crippen LogP contribution in [0.4, 0.5) is 0 Å². The van der Waals surface area contributed by atoms with Crippen LogP contribution in [0.3, 0.4) is 0 Å². The molecule has 384 valence electrons. The van der Waals surface area contributed by atoms with Gasteiger partial charge in [0, 0.05) is 58.5 Å². The smallest absolute Gasteiger partial charge is 0.329 e. The van der Waals surface area contributed by atoms with Gasteiger partial charge in [-0.1, -0.05) is 71.1 Å². The van der Waals surface area contributed by atoms with Crippen molar-refractivity contribution in [3.63, 3.8) is 0 Å². The van der Waals surface area contributed by atoms with Crippen LogP contribution in [-0.4, -0.2) is 145 Å². The second-order valence-corrected chi connectivity index (χ2v) is 20.0. The number of amides is 1. The molecule has 0 radical (unpaired) electrons. The summed E-state index contributed by atoms with van der Waals surface area (Å²) in [5.74, 6) is -8.48. The minimum atomic E-state index is -2.46. The number of allylic oxidation sites excluding steroid dienone is 6. The van der Waals surface area contributed by atoms with E-state index in [1.807, 2.05) is 51.2 Å². The highest BCUT2D eigenvalue weighted by Gasteiger charge is 2.53. The third-order valence-electron chi connectivity index (χ3n) is 14.8. The van der Waals surface area contributed by atoms with Gasteiger partial charge < -0.3 is 48.6 Å². The lowest BCUT2D eigenvalue weighted by molar-refractivity contribution is -0.265. The van der Waals surface area contributed by atoms with E-state index in [1.54, 1.807) is 40.9 Å². The Kier molecular flexibility index (Phi) is 21.6. The van der Waals surface area contributed by atoms with Crippen LogP contribution in [0.25, 0.3) is 0 Å². The molecule has 3 N–H and O–H groups in total. The van der Waals surface area contributed by atoms with Gasteiger partial charge in [-0.25, -0.2) is 4.79 Å². The summed E-state index contributed by atoms with van der Waals surface area (Å²) in [5, 5.41) is 33.0. The summed E-state index contributed by atoms with van der Waals surface area (Å²) in [5.41, 5.74) is 1.22. The molecule has 1 aliphatic carbocycles. The van der Waals surface area contributed by atoms with E-state index >= 15 is 0 Å². The lowest BCUT2D eigenvalue weighted by Gasteiger charge is -2.42. The first-order chi connectivity index (χ1) is 33.0. The number of carbonyl (C=O) groups is 5. The zero-order chi connectivity index (χ0) is 52.1. The Balaban J connectivity index is 1.70. The Bertz CT molecular complexity index is 1900. The maximum absolute atomic E-state index is 14.5. The Hall–Kier alpha value is -3.41. The van der Waals surface area contributed by atoms with Crippen molar-refractivity contribution in [1.82, 2.24) is 4.90 Å². The fourth-order valence-corrected chi connectivity index (χ4v) is 10.4. The summed E-state index contributed by atoms with van der Waals surface area (Å²) in [4.78, 5) is 72.2. The molecule has 3 fully saturated rings. The Labute approximate surface area is 407 Å². The van der Waals surface area contributed by atoms with Crippen molar-refractivity contribution >= 4 is 29.2 Å². The van der Waals surface area contributed by atoms with Crippen LogP contribution < -0.4 is 0 Å². The Morgan fingerprint density at radius 3 is 2.29 bits per heavy atom. The molecule has 68 heavy (non-hydrogen) atoms. The molecule has 4 aliphatic rings. The Morgan fingerprint density at radius 1 is 0.882 bits per heavy atom. The molecule has 0 spiro atoms. The number of hydrogen-bond acceptors (Lipinski definition) is 14. The highest BCUT2D eigenvalue weighted by Crippen LogP contribution is 2.38. The lowest BCUT2D eigenvalue weighted by atomic mass is 9.78. The number of cyclic esters (lactones) is 1. The molecule has 2 saturated heterocycles. The van der Waals surface area contributed by atoms with Crippen molar-refractivity contribution in [2.45, 2.75) is 180 Å². The molecule has 15 atom stereocenters. The SMILES string of the molecule is [3H]C([3H])(CO)O[C@@H]1CC[C@@H](C[C@@H](C)[C@@H]2CC(=O)[C@H](C)/C=C(\C)[C@@H](O)C(OC)C(=O)[C@H](C)C[C@H](C)/C=C/C=C/C=C(\C)C(OC)C[C@@H]3CC[C@@H](C)[C@@](O)(O3)C(=O)C(=O)N3CCCC[C@H]3C(=O)O2)C[C@H]1OC. The number of ether oxygens (including phenoxy) is 6. The van der Waals surface area contributed by atoms with Crippen LogP contribution in [-0.2, 0) is 52.4 Å². The highest BCUT2D eigenvalue weighted by molar-refractivity contribution is 6.39. The zero-order valence-electron chi connectivity index (χ0n) is 44.2. The summed E-state index contributed by atoms with van der Waals surface area (Å²) >= 11 is 0. The minimum Gasteiger partial charge on any atom is -0.460 e. The quantitative estimate of drug-likeness (QED) is 0.134. The first-order valence-electron chi connectivity index (χ1n) is 25.8. The molecule has 1 saturated carbocycles. The average molecular weight is 962 g/mol. The second kappa shape index (κ2) is 27.3. The van der Waals surface area contributed by atoms with Crippen LogP contribution >= 0.6 is 0 Å². The number of fused-ring (bicyclic) bond motifs is 3. The molecule has 3 aliphatic heterocycles. The third-order valence-corrected chi connectivity index (χ3v) is 14.8. The van der Waals surface area contributed by atoms with E-state index in [2.05, 4.69) is 0 Å². The number of nitrogens with zero attached hydrogens (tertiary/aromatic N) is 1. The summed E-state index contributed by atoms with van der Waals surface area (Å²) in [6, 6.07) is -1.19. The maximum Gasteiger partial charge on any atom is 0.329 e. The molecule has 0 aromatic heterocycles. The number of piperidine rings is 1. The summed E-state index contributed by atoms with van der Waals surface area (Å²) in [6.45, 7) is 9.52. The van der Waals surface area contributed by atoms with Crippen LogP contribution in [0.1, 0.15) is 128 Å². The molecule has 1 amide bonds. The van der Waals surface area contributed by atoms with Gasteiger partial charge >= 0.3 is 5.97 Å². The molecule has 0 aromatic rings. The maximum atomic E-state index is 14.5. The van der Waals surface area contributed by atoms with Crippen molar-refractivity contribution in [2.75, 3.05) is 41.0 Å². The van der Waals surface area contributed by atoms with Gasteiger partial charge in [-0.2, -0.15) is 0 Å². The normalized spacial score (nSPS) is 39.8. The topological polar surface area (TPSA) is 205 Å². The van der Waals surface area contributed by atoms with Gasteiger partial charge in [0.25, 0.3) is 11.7 Å². The monoisotopic (exact) mass is 962 g/mol. The molecule has 4 rings (SSSR count). The Morgan fingerprint density at radius 2 is 1.62 bits per heavy atom. The molecular formula is C53H83NO14. The summed E-state index contributed by atoms with van der Waals surface area (Å²) < 4.78 is 51.1. The van der Waals surface area contributed by atoms with Crippen molar-refractivity contribution in [3.05, 3.63) is 47.6 Å². The molecule has 2 unspecified atom stereocenters. The minimum absolute atomic E-state index is 0.000205. The van der Waals surface area contributed by atoms with Crippen molar-refractivity contribution in [3.8, 4) is 0 Å². The number of ketones is 3. The zero-order valence-corrected chi connectivity index (χ0v) is 42.2. The van der Waals surface area contributed by atoms with Gasteiger partial charge in [0.2, 0.25) is 5.79 Å². The fraction of sp³-hybridized carbons (Fsp3) is 0.755. The molecular weight excluding hydrogens is 875 g/mol. The third kappa shape index (κ3) is 15.3. The van der Waals surface area contributed by atoms with Crippen LogP contribution in [0, 0.1) is 35.5 Å². The number of rotatable bonds is 9. The number of carbonyl (C=O) groups excluding carboxylic acids is 5. The second-order valence-electron chi connectivity index (χ2n) is 20.0. The lowest BCUT2D eigenvalue weighted by Crippen LogP contribution is -2.61. The van der Waals surface area contributed by atoms with Crippen LogP contribution in [0.15, 0.2) is 47.6 Å². The van der Waals surface area contributed by atoms with Crippen molar-refractivity contribution in [2.24, 2.45) is 35.5 Å². The number of Topliss-reactive ketones (excluding diaryl/α,β-unsaturated/α-hetero) is 3. The summed E-state index contributed by atoms with van der Waals surface area (Å²) in [7, 11) is 4.44. The van der Waals surface area contributed by atoms with Crippen LogP contribution in [0.5, 0.6) is 0 Å².